The minimum atomic E-state index is -3.15. The standard InChI is InChI=1S/C29H36N6O4S2/c1-31-25(32-26(36)18-21-9-4-3-5-10-21)16-15-24(30)13-6-7-14-28-34-35-29(40-28)33-27(37)19-22-11-8-12-23(17-22)20-41(2,38)39/h3-5,8-12,15-17,31H,6-7,13-14,18-20,30H2,1-2H3,(H,32,36)(H,33,35,37)/b24-15-,25-16+. The first-order valence-corrected chi connectivity index (χ1v) is 16.0. The average molecular weight is 597 g/mol. The maximum absolute atomic E-state index is 12.5. The highest BCUT2D eigenvalue weighted by Crippen LogP contribution is 2.19. The quantitative estimate of drug-likeness (QED) is 0.154. The summed E-state index contributed by atoms with van der Waals surface area (Å²) in [5.41, 5.74) is 9.16. The molecule has 41 heavy (non-hydrogen) atoms. The van der Waals surface area contributed by atoms with Crippen LogP contribution in [-0.4, -0.2) is 43.7 Å². The van der Waals surface area contributed by atoms with Crippen LogP contribution in [0.2, 0.25) is 0 Å². The second-order valence-corrected chi connectivity index (χ2v) is 12.8. The fraction of sp³-hybridized carbons (Fsp3) is 0.310. The van der Waals surface area contributed by atoms with Crippen LogP contribution in [-0.2, 0) is 44.4 Å². The summed E-state index contributed by atoms with van der Waals surface area (Å²) in [5.74, 6) is 0.145. The Kier molecular flexibility index (Phi) is 12.0. The second-order valence-electron chi connectivity index (χ2n) is 9.61. The van der Waals surface area contributed by atoms with Crippen molar-refractivity contribution in [2.45, 2.75) is 44.3 Å². The molecule has 5 N–H and O–H groups in total. The predicted molar refractivity (Wildman–Crippen MR) is 162 cm³/mol. The van der Waals surface area contributed by atoms with Crippen LogP contribution in [0.5, 0.6) is 0 Å². The number of benzene rings is 2. The lowest BCUT2D eigenvalue weighted by Crippen LogP contribution is -2.30. The van der Waals surface area contributed by atoms with Gasteiger partial charge in [-0.15, -0.1) is 10.2 Å². The van der Waals surface area contributed by atoms with Gasteiger partial charge in [-0.2, -0.15) is 0 Å². The fourth-order valence-electron chi connectivity index (χ4n) is 3.93. The highest BCUT2D eigenvalue weighted by atomic mass is 32.2. The van der Waals surface area contributed by atoms with Gasteiger partial charge >= 0.3 is 0 Å². The number of carbonyl (C=O) groups excluding carboxylic acids is 2. The van der Waals surface area contributed by atoms with Crippen molar-refractivity contribution in [1.82, 2.24) is 20.8 Å². The van der Waals surface area contributed by atoms with E-state index in [1.807, 2.05) is 30.3 Å². The van der Waals surface area contributed by atoms with Gasteiger partial charge < -0.3 is 21.7 Å². The summed E-state index contributed by atoms with van der Waals surface area (Å²) in [6.07, 6.45) is 8.20. The van der Waals surface area contributed by atoms with Crippen molar-refractivity contribution in [3.63, 3.8) is 0 Å². The second kappa shape index (κ2) is 15.7. The molecule has 218 valence electrons. The molecule has 1 heterocycles. The Morgan fingerprint density at radius 3 is 2.37 bits per heavy atom. The van der Waals surface area contributed by atoms with Gasteiger partial charge in [0.1, 0.15) is 10.8 Å². The summed E-state index contributed by atoms with van der Waals surface area (Å²) in [6.45, 7) is 0. The number of aryl methyl sites for hydroxylation is 1. The Morgan fingerprint density at radius 1 is 0.927 bits per heavy atom. The maximum Gasteiger partial charge on any atom is 0.230 e. The van der Waals surface area contributed by atoms with E-state index in [9.17, 15) is 18.0 Å². The molecule has 3 rings (SSSR count). The van der Waals surface area contributed by atoms with Crippen LogP contribution >= 0.6 is 11.3 Å². The van der Waals surface area contributed by atoms with Crippen molar-refractivity contribution in [3.8, 4) is 0 Å². The number of anilines is 1. The SMILES string of the molecule is CN/C(=C\C=C(/N)CCCCc1nnc(NC(=O)Cc2cccc(CS(C)(=O)=O)c2)s1)NC(=O)Cc1ccccc1. The largest absolute Gasteiger partial charge is 0.402 e. The maximum atomic E-state index is 12.5. The minimum absolute atomic E-state index is 0.0647. The summed E-state index contributed by atoms with van der Waals surface area (Å²) in [4.78, 5) is 24.7. The summed E-state index contributed by atoms with van der Waals surface area (Å²) < 4.78 is 23.1. The number of hydrogen-bond donors (Lipinski definition) is 4. The van der Waals surface area contributed by atoms with Gasteiger partial charge in [0.15, 0.2) is 9.84 Å². The first-order chi connectivity index (χ1) is 19.6. The fourth-order valence-corrected chi connectivity index (χ4v) is 5.51. The van der Waals surface area contributed by atoms with Gasteiger partial charge in [-0.25, -0.2) is 8.42 Å². The number of allylic oxidation sites excluding steroid dienone is 3. The average Bonchev–Trinajstić information content (AvgIpc) is 3.35. The molecule has 0 aliphatic heterocycles. The molecule has 3 aromatic rings. The molecule has 2 aromatic carbocycles. The molecular formula is C29H36N6O4S2. The number of rotatable bonds is 15. The van der Waals surface area contributed by atoms with E-state index in [2.05, 4.69) is 26.1 Å². The van der Waals surface area contributed by atoms with Crippen molar-refractivity contribution in [3.05, 3.63) is 100.0 Å². The molecule has 0 radical (unpaired) electrons. The molecule has 0 saturated heterocycles. The molecule has 1 aromatic heterocycles. The van der Waals surface area contributed by atoms with E-state index >= 15 is 0 Å². The van der Waals surface area contributed by atoms with Gasteiger partial charge in [-0.05, 0) is 48.1 Å². The number of amides is 2. The summed E-state index contributed by atoms with van der Waals surface area (Å²) >= 11 is 1.33. The van der Waals surface area contributed by atoms with Crippen LogP contribution in [0.15, 0.2) is 78.3 Å². The Morgan fingerprint density at radius 2 is 1.63 bits per heavy atom. The zero-order chi connectivity index (χ0) is 29.7. The molecule has 0 aliphatic rings. The number of unbranched alkanes of at least 4 members (excludes halogenated alkanes) is 1. The van der Waals surface area contributed by atoms with Crippen molar-refractivity contribution in [2.75, 3.05) is 18.6 Å². The number of nitrogens with two attached hydrogens (primary N) is 1. The van der Waals surface area contributed by atoms with E-state index in [1.165, 1.54) is 17.6 Å². The molecule has 0 bridgehead atoms. The Balaban J connectivity index is 1.39. The smallest absolute Gasteiger partial charge is 0.230 e. The number of aromatic nitrogens is 2. The van der Waals surface area contributed by atoms with Crippen LogP contribution in [0.4, 0.5) is 5.13 Å². The number of nitrogens with zero attached hydrogens (tertiary/aromatic N) is 2. The molecule has 0 unspecified atom stereocenters. The topological polar surface area (TPSA) is 156 Å². The highest BCUT2D eigenvalue weighted by Gasteiger charge is 2.11. The Bertz CT molecular complexity index is 1480. The van der Waals surface area contributed by atoms with Gasteiger partial charge in [-0.3, -0.25) is 9.59 Å². The van der Waals surface area contributed by atoms with Crippen molar-refractivity contribution >= 4 is 38.1 Å². The number of carbonyl (C=O) groups is 2. The molecule has 12 heteroatoms. The van der Waals surface area contributed by atoms with E-state index in [0.717, 1.165) is 29.0 Å². The Labute approximate surface area is 245 Å². The number of nitrogens with one attached hydrogen (secondary N) is 3. The molecule has 10 nitrogen and oxygen atoms in total. The summed E-state index contributed by atoms with van der Waals surface area (Å²) in [7, 11) is -1.42. The number of sulfone groups is 1. The van der Waals surface area contributed by atoms with Gasteiger partial charge in [0, 0.05) is 25.4 Å². The molecule has 0 saturated carbocycles. The first kappa shape index (κ1) is 31.5. The van der Waals surface area contributed by atoms with E-state index in [-0.39, 0.29) is 30.4 Å². The monoisotopic (exact) mass is 596 g/mol. The molecule has 0 fully saturated rings. The van der Waals surface area contributed by atoms with E-state index in [0.29, 0.717) is 35.1 Å². The van der Waals surface area contributed by atoms with E-state index in [4.69, 9.17) is 5.73 Å². The van der Waals surface area contributed by atoms with Crippen LogP contribution < -0.4 is 21.7 Å². The van der Waals surface area contributed by atoms with Crippen LogP contribution in [0, 0.1) is 0 Å². The molecular weight excluding hydrogens is 560 g/mol. The van der Waals surface area contributed by atoms with Crippen molar-refractivity contribution < 1.29 is 18.0 Å². The van der Waals surface area contributed by atoms with E-state index < -0.39 is 9.84 Å². The summed E-state index contributed by atoms with van der Waals surface area (Å²) in [5, 5.41) is 18.0. The molecule has 0 spiro atoms. The minimum Gasteiger partial charge on any atom is -0.402 e. The third-order valence-corrected chi connectivity index (χ3v) is 7.58. The van der Waals surface area contributed by atoms with Crippen LogP contribution in [0.1, 0.15) is 41.0 Å². The van der Waals surface area contributed by atoms with Crippen molar-refractivity contribution in [1.29, 1.82) is 0 Å². The van der Waals surface area contributed by atoms with Gasteiger partial charge in [0.2, 0.25) is 16.9 Å². The number of hydrogen-bond acceptors (Lipinski definition) is 9. The Hall–Kier alpha value is -4.03. The van der Waals surface area contributed by atoms with Gasteiger partial charge in [-0.1, -0.05) is 65.9 Å². The first-order valence-electron chi connectivity index (χ1n) is 13.2. The van der Waals surface area contributed by atoms with Crippen LogP contribution in [0.25, 0.3) is 0 Å². The predicted octanol–water partition coefficient (Wildman–Crippen LogP) is 3.24. The third kappa shape index (κ3) is 12.4. The normalized spacial score (nSPS) is 12.1. The molecule has 2 amide bonds. The molecule has 0 aliphatic carbocycles. The lowest BCUT2D eigenvalue weighted by atomic mass is 10.1. The van der Waals surface area contributed by atoms with E-state index in [1.54, 1.807) is 43.5 Å². The van der Waals surface area contributed by atoms with Crippen LogP contribution in [0.3, 0.4) is 0 Å². The zero-order valence-corrected chi connectivity index (χ0v) is 24.9. The lowest BCUT2D eigenvalue weighted by Gasteiger charge is -2.09. The van der Waals surface area contributed by atoms with Gasteiger partial charge in [0.25, 0.3) is 0 Å². The van der Waals surface area contributed by atoms with Crippen molar-refractivity contribution in [2.24, 2.45) is 5.73 Å². The lowest BCUT2D eigenvalue weighted by molar-refractivity contribution is -0.120. The molecule has 0 atom stereocenters. The third-order valence-electron chi connectivity index (χ3n) is 5.82. The summed E-state index contributed by atoms with van der Waals surface area (Å²) in [6, 6.07) is 16.5. The highest BCUT2D eigenvalue weighted by molar-refractivity contribution is 7.89. The van der Waals surface area contributed by atoms with Gasteiger partial charge in [0.05, 0.1) is 18.6 Å². The zero-order valence-electron chi connectivity index (χ0n) is 23.2.